The Kier molecular flexibility index (Phi) is 5.46. The molecule has 0 saturated heterocycles. The van der Waals surface area contributed by atoms with Crippen LogP contribution >= 0.6 is 7.60 Å². The zero-order valence-corrected chi connectivity index (χ0v) is 13.9. The van der Waals surface area contributed by atoms with Crippen molar-refractivity contribution in [1.82, 2.24) is 4.90 Å². The minimum Gasteiger partial charge on any atom is -0.309 e. The Morgan fingerprint density at radius 1 is 1.04 bits per heavy atom. The number of hydrogen-bond donors (Lipinski definition) is 0. The van der Waals surface area contributed by atoms with Crippen LogP contribution in [-0.2, 0) is 18.4 Å². The van der Waals surface area contributed by atoms with Gasteiger partial charge in [0.2, 0.25) is 0 Å². The van der Waals surface area contributed by atoms with E-state index in [1.807, 2.05) is 0 Å². The normalized spacial score (nSPS) is 14.3. The van der Waals surface area contributed by atoms with Gasteiger partial charge in [-0.05, 0) is 26.0 Å². The van der Waals surface area contributed by atoms with Gasteiger partial charge in [0.25, 0.3) is 11.8 Å². The van der Waals surface area contributed by atoms with Crippen molar-refractivity contribution in [2.75, 3.05) is 25.9 Å². The van der Waals surface area contributed by atoms with Crippen LogP contribution in [0.5, 0.6) is 0 Å². The van der Waals surface area contributed by atoms with E-state index in [9.17, 15) is 18.9 Å². The van der Waals surface area contributed by atoms with E-state index < -0.39 is 37.9 Å². The van der Waals surface area contributed by atoms with Crippen LogP contribution in [0.4, 0.5) is 0 Å². The van der Waals surface area contributed by atoms with Gasteiger partial charge in [-0.2, -0.15) is 0 Å². The third-order valence-electron chi connectivity index (χ3n) is 3.23. The molecule has 1 aliphatic heterocycles. The molecule has 8 heteroatoms. The van der Waals surface area contributed by atoms with Crippen molar-refractivity contribution in [3.05, 3.63) is 35.4 Å². The fraction of sp³-hybridized carbons (Fsp3) is 0.400. The van der Waals surface area contributed by atoms with Gasteiger partial charge in [0.05, 0.1) is 30.9 Å². The van der Waals surface area contributed by atoms with E-state index in [2.05, 4.69) is 0 Å². The number of ketones is 1. The van der Waals surface area contributed by atoms with Gasteiger partial charge >= 0.3 is 7.60 Å². The second-order valence-corrected chi connectivity index (χ2v) is 6.94. The number of amides is 2. The van der Waals surface area contributed by atoms with Crippen molar-refractivity contribution in [2.45, 2.75) is 13.8 Å². The second-order valence-electron chi connectivity index (χ2n) is 4.89. The lowest BCUT2D eigenvalue weighted by Gasteiger charge is -2.18. The topological polar surface area (TPSA) is 90.0 Å². The fourth-order valence-electron chi connectivity index (χ4n) is 2.35. The van der Waals surface area contributed by atoms with Crippen LogP contribution in [0.15, 0.2) is 24.3 Å². The average Bonchev–Trinajstić information content (AvgIpc) is 2.73. The standard InChI is InChI=1S/C15H18NO6P/c1-3-21-23(20,22-4-2)10-11(17)9-16-14(18)12-7-5-6-8-13(12)15(16)19/h5-8H,3-4,9-10H2,1-2H3. The van der Waals surface area contributed by atoms with E-state index in [1.54, 1.807) is 26.0 Å². The molecule has 0 aromatic heterocycles. The molecule has 23 heavy (non-hydrogen) atoms. The molecule has 0 aliphatic carbocycles. The van der Waals surface area contributed by atoms with Crippen LogP contribution in [0.25, 0.3) is 0 Å². The molecule has 0 fully saturated rings. The Morgan fingerprint density at radius 2 is 1.52 bits per heavy atom. The third-order valence-corrected chi connectivity index (χ3v) is 5.28. The summed E-state index contributed by atoms with van der Waals surface area (Å²) in [6.07, 6.45) is -0.470. The van der Waals surface area contributed by atoms with Crippen molar-refractivity contribution in [2.24, 2.45) is 0 Å². The van der Waals surface area contributed by atoms with Gasteiger partial charge in [0.1, 0.15) is 6.16 Å². The molecular weight excluding hydrogens is 321 g/mol. The summed E-state index contributed by atoms with van der Waals surface area (Å²) in [7, 11) is -3.54. The first kappa shape index (κ1) is 17.5. The molecular formula is C15H18NO6P. The number of Topliss-reactive ketones (excluding diaryl/α,β-unsaturated/α-hetero) is 1. The zero-order valence-electron chi connectivity index (χ0n) is 13.0. The van der Waals surface area contributed by atoms with Crippen LogP contribution in [0.1, 0.15) is 34.6 Å². The van der Waals surface area contributed by atoms with Gasteiger partial charge in [-0.25, -0.2) is 0 Å². The number of fused-ring (bicyclic) bond motifs is 1. The molecule has 1 aromatic rings. The predicted molar refractivity (Wildman–Crippen MR) is 82.5 cm³/mol. The van der Waals surface area contributed by atoms with Crippen LogP contribution in [-0.4, -0.2) is 48.4 Å². The minimum atomic E-state index is -3.54. The van der Waals surface area contributed by atoms with Crippen LogP contribution in [0.2, 0.25) is 0 Å². The highest BCUT2D eigenvalue weighted by molar-refractivity contribution is 7.54. The highest BCUT2D eigenvalue weighted by atomic mass is 31.2. The van der Waals surface area contributed by atoms with Crippen LogP contribution in [0.3, 0.4) is 0 Å². The molecule has 0 N–H and O–H groups in total. The first-order chi connectivity index (χ1) is 10.9. The SMILES string of the molecule is CCOP(=O)(CC(=O)CN1C(=O)c2ccccc2C1=O)OCC. The quantitative estimate of drug-likeness (QED) is 0.532. The second kappa shape index (κ2) is 7.17. The van der Waals surface area contributed by atoms with Crippen LogP contribution in [0, 0.1) is 0 Å². The summed E-state index contributed by atoms with van der Waals surface area (Å²) in [6, 6.07) is 6.36. The first-order valence-corrected chi connectivity index (χ1v) is 8.99. The zero-order chi connectivity index (χ0) is 17.0. The number of hydrogen-bond acceptors (Lipinski definition) is 6. The van der Waals surface area contributed by atoms with Crippen molar-refractivity contribution in [3.8, 4) is 0 Å². The lowest BCUT2D eigenvalue weighted by atomic mass is 10.1. The molecule has 0 radical (unpaired) electrons. The summed E-state index contributed by atoms with van der Waals surface area (Å²) in [5.41, 5.74) is 0.534. The number of nitrogens with zero attached hydrogens (tertiary/aromatic N) is 1. The van der Waals surface area contributed by atoms with Crippen molar-refractivity contribution in [3.63, 3.8) is 0 Å². The summed E-state index contributed by atoms with van der Waals surface area (Å²) in [5, 5.41) is 0. The van der Waals surface area contributed by atoms with Crippen LogP contribution < -0.4 is 0 Å². The van der Waals surface area contributed by atoms with Gasteiger partial charge in [-0.15, -0.1) is 0 Å². The van der Waals surface area contributed by atoms with Gasteiger partial charge in [0.15, 0.2) is 5.78 Å². The van der Waals surface area contributed by atoms with E-state index >= 15 is 0 Å². The lowest BCUT2D eigenvalue weighted by molar-refractivity contribution is -0.117. The third kappa shape index (κ3) is 3.75. The monoisotopic (exact) mass is 339 g/mol. The Morgan fingerprint density at radius 3 is 1.96 bits per heavy atom. The number of rotatable bonds is 8. The molecule has 7 nitrogen and oxygen atoms in total. The maximum absolute atomic E-state index is 12.3. The van der Waals surface area contributed by atoms with E-state index in [4.69, 9.17) is 9.05 Å². The number of carbonyl (C=O) groups excluding carboxylic acids is 3. The lowest BCUT2D eigenvalue weighted by Crippen LogP contribution is -2.36. The molecule has 2 amide bonds. The fourth-order valence-corrected chi connectivity index (χ4v) is 3.92. The smallest absolute Gasteiger partial charge is 0.309 e. The maximum Gasteiger partial charge on any atom is 0.338 e. The van der Waals surface area contributed by atoms with Gasteiger partial charge in [-0.3, -0.25) is 23.8 Å². The summed E-state index contributed by atoms with van der Waals surface area (Å²) in [5.74, 6) is -1.60. The van der Waals surface area contributed by atoms with Crippen molar-refractivity contribution >= 4 is 25.2 Å². The van der Waals surface area contributed by atoms with Crippen molar-refractivity contribution in [1.29, 1.82) is 0 Å². The Hall–Kier alpha value is -1.82. The van der Waals surface area contributed by atoms with Gasteiger partial charge < -0.3 is 9.05 Å². The average molecular weight is 339 g/mol. The Bertz CT molecular complexity index is 641. The molecule has 0 spiro atoms. The summed E-state index contributed by atoms with van der Waals surface area (Å²) in [4.78, 5) is 37.3. The minimum absolute atomic E-state index is 0.136. The Balaban J connectivity index is 2.08. The molecule has 124 valence electrons. The number of benzene rings is 1. The largest absolute Gasteiger partial charge is 0.338 e. The van der Waals surface area contributed by atoms with Crippen molar-refractivity contribution < 1.29 is 28.0 Å². The molecule has 1 aliphatic rings. The van der Waals surface area contributed by atoms with Gasteiger partial charge in [-0.1, -0.05) is 12.1 Å². The molecule has 0 bridgehead atoms. The van der Waals surface area contributed by atoms with E-state index in [1.165, 1.54) is 12.1 Å². The number of carbonyl (C=O) groups is 3. The van der Waals surface area contributed by atoms with E-state index in [0.717, 1.165) is 4.90 Å². The molecule has 1 aromatic carbocycles. The Labute approximate surface area is 134 Å². The summed E-state index contributed by atoms with van der Waals surface area (Å²) < 4.78 is 22.4. The molecule has 0 unspecified atom stereocenters. The molecule has 0 saturated carbocycles. The maximum atomic E-state index is 12.3. The summed E-state index contributed by atoms with van der Waals surface area (Å²) in [6.45, 7) is 3.10. The highest BCUT2D eigenvalue weighted by Crippen LogP contribution is 2.47. The predicted octanol–water partition coefficient (Wildman–Crippen LogP) is 2.12. The highest BCUT2D eigenvalue weighted by Gasteiger charge is 2.37. The molecule has 0 atom stereocenters. The number of imide groups is 1. The van der Waals surface area contributed by atoms with E-state index in [0.29, 0.717) is 0 Å². The van der Waals surface area contributed by atoms with Gasteiger partial charge in [0, 0.05) is 0 Å². The first-order valence-electron chi connectivity index (χ1n) is 7.27. The molecule has 2 rings (SSSR count). The summed E-state index contributed by atoms with van der Waals surface area (Å²) >= 11 is 0. The molecule has 1 heterocycles. The van der Waals surface area contributed by atoms with E-state index in [-0.39, 0.29) is 24.3 Å².